The third-order valence-electron chi connectivity index (χ3n) is 5.53. The van der Waals surface area contributed by atoms with E-state index in [1.807, 2.05) is 43.6 Å². The van der Waals surface area contributed by atoms with Crippen LogP contribution in [0.25, 0.3) is 11.3 Å². The first kappa shape index (κ1) is 18.6. The van der Waals surface area contributed by atoms with Crippen molar-refractivity contribution in [3.05, 3.63) is 23.1 Å². The Morgan fingerprint density at radius 2 is 1.88 bits per heavy atom. The number of hydrogen-bond donors (Lipinski definition) is 0. The first-order chi connectivity index (χ1) is 12.3. The second-order valence-corrected chi connectivity index (χ2v) is 7.57. The molecule has 7 nitrogen and oxygen atoms in total. The molecule has 0 bridgehead atoms. The fraction of sp³-hybridized carbons (Fsp3) is 0.632. The van der Waals surface area contributed by atoms with E-state index in [0.29, 0.717) is 11.7 Å². The molecule has 7 heteroatoms. The van der Waals surface area contributed by atoms with Crippen LogP contribution in [0.2, 0.25) is 0 Å². The van der Waals surface area contributed by atoms with Crippen LogP contribution in [0.15, 0.2) is 6.07 Å². The normalized spacial score (nSPS) is 18.4. The molecule has 0 aromatic carbocycles. The van der Waals surface area contributed by atoms with Crippen LogP contribution < -0.4 is 0 Å². The van der Waals surface area contributed by atoms with Gasteiger partial charge in [0.2, 0.25) is 0 Å². The Labute approximate surface area is 155 Å². The Hall–Kier alpha value is -2.15. The van der Waals surface area contributed by atoms with Crippen LogP contribution in [-0.2, 0) is 14.1 Å². The molecule has 1 unspecified atom stereocenters. The number of carbonyl (C=O) groups is 1. The van der Waals surface area contributed by atoms with Crippen LogP contribution in [-0.4, -0.2) is 68.5 Å². The summed E-state index contributed by atoms with van der Waals surface area (Å²) in [5, 5.41) is 9.08. The largest absolute Gasteiger partial charge is 0.336 e. The second-order valence-electron chi connectivity index (χ2n) is 7.57. The first-order valence-electron chi connectivity index (χ1n) is 9.30. The van der Waals surface area contributed by atoms with Crippen LogP contribution in [0.5, 0.6) is 0 Å². The third-order valence-corrected chi connectivity index (χ3v) is 5.53. The molecule has 142 valence electrons. The molecule has 2 aromatic heterocycles. The topological polar surface area (TPSA) is 59.2 Å². The lowest BCUT2D eigenvalue weighted by Crippen LogP contribution is -2.42. The maximum Gasteiger partial charge on any atom is 0.272 e. The van der Waals surface area contributed by atoms with Crippen molar-refractivity contribution in [2.45, 2.75) is 39.2 Å². The molecule has 1 aliphatic heterocycles. The standard InChI is InChI=1S/C19H30N6O/c1-13-18(14(2)23(5)20-13)16-11-17(24(6)21-16)19(26)25-10-8-7-9-15(12-25)22(3)4/h11,15H,7-10,12H2,1-6H3. The van der Waals surface area contributed by atoms with E-state index in [0.717, 1.165) is 55.0 Å². The highest BCUT2D eigenvalue weighted by molar-refractivity contribution is 5.94. The number of carbonyl (C=O) groups excluding carboxylic acids is 1. The van der Waals surface area contributed by atoms with Gasteiger partial charge in [0.1, 0.15) is 5.69 Å². The van der Waals surface area contributed by atoms with Crippen molar-refractivity contribution in [2.75, 3.05) is 27.2 Å². The summed E-state index contributed by atoms with van der Waals surface area (Å²) in [7, 11) is 7.96. The van der Waals surface area contributed by atoms with Crippen LogP contribution in [0.3, 0.4) is 0 Å². The fourth-order valence-corrected chi connectivity index (χ4v) is 3.82. The van der Waals surface area contributed by atoms with Gasteiger partial charge in [-0.1, -0.05) is 6.42 Å². The zero-order valence-electron chi connectivity index (χ0n) is 16.8. The molecule has 3 heterocycles. The molecule has 26 heavy (non-hydrogen) atoms. The SMILES string of the molecule is Cc1nn(C)c(C)c1-c1cc(C(=O)N2CCCCC(N(C)C)C2)n(C)n1. The maximum absolute atomic E-state index is 13.2. The van der Waals surface area contributed by atoms with Gasteiger partial charge in [0.05, 0.1) is 11.4 Å². The van der Waals surface area contributed by atoms with E-state index in [9.17, 15) is 4.79 Å². The van der Waals surface area contributed by atoms with Gasteiger partial charge in [-0.15, -0.1) is 0 Å². The van der Waals surface area contributed by atoms with Crippen LogP contribution in [0.4, 0.5) is 0 Å². The van der Waals surface area contributed by atoms with E-state index in [1.165, 1.54) is 0 Å². The van der Waals surface area contributed by atoms with Gasteiger partial charge in [-0.05, 0) is 46.9 Å². The molecule has 0 aliphatic carbocycles. The summed E-state index contributed by atoms with van der Waals surface area (Å²) in [5.74, 6) is 0.0687. The van der Waals surface area contributed by atoms with Gasteiger partial charge in [0.15, 0.2) is 0 Å². The van der Waals surface area contributed by atoms with Gasteiger partial charge in [-0.25, -0.2) is 0 Å². The van der Waals surface area contributed by atoms with E-state index in [1.54, 1.807) is 4.68 Å². The lowest BCUT2D eigenvalue weighted by Gasteiger charge is -2.28. The summed E-state index contributed by atoms with van der Waals surface area (Å²) >= 11 is 0. The molecule has 1 atom stereocenters. The van der Waals surface area contributed by atoms with Crippen LogP contribution >= 0.6 is 0 Å². The zero-order valence-corrected chi connectivity index (χ0v) is 16.8. The van der Waals surface area contributed by atoms with E-state index in [2.05, 4.69) is 29.2 Å². The minimum atomic E-state index is 0.0687. The summed E-state index contributed by atoms with van der Waals surface area (Å²) in [4.78, 5) is 17.4. The Morgan fingerprint density at radius 1 is 1.15 bits per heavy atom. The number of likely N-dealkylation sites (tertiary alicyclic amines) is 1. The van der Waals surface area contributed by atoms with Gasteiger partial charge >= 0.3 is 0 Å². The highest BCUT2D eigenvalue weighted by atomic mass is 16.2. The van der Waals surface area contributed by atoms with E-state index in [4.69, 9.17) is 0 Å². The monoisotopic (exact) mass is 358 g/mol. The van der Waals surface area contributed by atoms with Crippen LogP contribution in [0.1, 0.15) is 41.1 Å². The first-order valence-corrected chi connectivity index (χ1v) is 9.30. The maximum atomic E-state index is 13.2. The molecule has 1 aliphatic rings. The number of aromatic nitrogens is 4. The van der Waals surface area contributed by atoms with Crippen molar-refractivity contribution in [2.24, 2.45) is 14.1 Å². The van der Waals surface area contributed by atoms with Gasteiger partial charge in [-0.3, -0.25) is 14.2 Å². The average Bonchev–Trinajstić information content (AvgIpc) is 2.94. The van der Waals surface area contributed by atoms with E-state index in [-0.39, 0.29) is 5.91 Å². The number of amides is 1. The molecule has 2 aromatic rings. The Morgan fingerprint density at radius 3 is 2.50 bits per heavy atom. The highest BCUT2D eigenvalue weighted by Gasteiger charge is 2.27. The smallest absolute Gasteiger partial charge is 0.272 e. The molecule has 1 amide bonds. The van der Waals surface area contributed by atoms with Crippen molar-refractivity contribution in [1.82, 2.24) is 29.4 Å². The van der Waals surface area contributed by atoms with Crippen molar-refractivity contribution < 1.29 is 4.79 Å². The molecule has 0 spiro atoms. The number of aryl methyl sites for hydroxylation is 3. The fourth-order valence-electron chi connectivity index (χ4n) is 3.82. The van der Waals surface area contributed by atoms with Gasteiger partial charge in [-0.2, -0.15) is 10.2 Å². The second kappa shape index (κ2) is 7.23. The van der Waals surface area contributed by atoms with Crippen molar-refractivity contribution in [3.63, 3.8) is 0 Å². The predicted molar refractivity (Wildman–Crippen MR) is 102 cm³/mol. The van der Waals surface area contributed by atoms with Crippen molar-refractivity contribution >= 4 is 5.91 Å². The molecular weight excluding hydrogens is 328 g/mol. The minimum Gasteiger partial charge on any atom is -0.336 e. The summed E-state index contributed by atoms with van der Waals surface area (Å²) in [5.41, 5.74) is 4.47. The minimum absolute atomic E-state index is 0.0687. The highest BCUT2D eigenvalue weighted by Crippen LogP contribution is 2.26. The number of rotatable bonds is 3. The Balaban J connectivity index is 1.90. The molecule has 0 saturated carbocycles. The van der Waals surface area contributed by atoms with E-state index < -0.39 is 0 Å². The predicted octanol–water partition coefficient (Wildman–Crippen LogP) is 1.99. The Kier molecular flexibility index (Phi) is 5.18. The lowest BCUT2D eigenvalue weighted by atomic mass is 10.1. The third kappa shape index (κ3) is 3.40. The summed E-state index contributed by atoms with van der Waals surface area (Å²) < 4.78 is 3.57. The molecular formula is C19H30N6O. The summed E-state index contributed by atoms with van der Waals surface area (Å²) in [6.45, 7) is 5.60. The lowest BCUT2D eigenvalue weighted by molar-refractivity contribution is 0.0714. The van der Waals surface area contributed by atoms with Crippen molar-refractivity contribution in [3.8, 4) is 11.3 Å². The molecule has 0 N–H and O–H groups in total. The number of likely N-dealkylation sites (N-methyl/N-ethyl adjacent to an activating group) is 1. The quantitative estimate of drug-likeness (QED) is 0.842. The molecule has 1 fully saturated rings. The summed E-state index contributed by atoms with van der Waals surface area (Å²) in [6.07, 6.45) is 3.36. The van der Waals surface area contributed by atoms with Gasteiger partial charge in [0.25, 0.3) is 5.91 Å². The number of hydrogen-bond acceptors (Lipinski definition) is 4. The molecule has 3 rings (SSSR count). The number of nitrogens with zero attached hydrogens (tertiary/aromatic N) is 6. The van der Waals surface area contributed by atoms with Crippen LogP contribution in [0, 0.1) is 13.8 Å². The molecule has 0 radical (unpaired) electrons. The van der Waals surface area contributed by atoms with Crippen molar-refractivity contribution in [1.29, 1.82) is 0 Å². The molecule has 1 saturated heterocycles. The zero-order chi connectivity index (χ0) is 19.0. The summed E-state index contributed by atoms with van der Waals surface area (Å²) in [6, 6.07) is 2.33. The van der Waals surface area contributed by atoms with Gasteiger partial charge < -0.3 is 9.80 Å². The Bertz CT molecular complexity index is 803. The van der Waals surface area contributed by atoms with E-state index >= 15 is 0 Å². The van der Waals surface area contributed by atoms with Gasteiger partial charge in [0, 0.05) is 44.5 Å². The average molecular weight is 358 g/mol.